The summed E-state index contributed by atoms with van der Waals surface area (Å²) >= 11 is 5.81. The number of hydrogen-bond acceptors (Lipinski definition) is 4. The van der Waals surface area contributed by atoms with E-state index < -0.39 is 0 Å². The molecule has 5 heteroatoms. The van der Waals surface area contributed by atoms with Gasteiger partial charge in [-0.15, -0.1) is 5.10 Å². The van der Waals surface area contributed by atoms with Crippen molar-refractivity contribution in [1.29, 1.82) is 0 Å². The molecule has 1 aromatic heterocycles. The fourth-order valence-electron chi connectivity index (χ4n) is 1.51. The van der Waals surface area contributed by atoms with Gasteiger partial charge in [-0.2, -0.15) is 5.10 Å². The normalized spacial score (nSPS) is 10.4. The molecule has 2 rings (SSSR count). The lowest BCUT2D eigenvalue weighted by Gasteiger charge is -2.05. The van der Waals surface area contributed by atoms with E-state index in [2.05, 4.69) is 22.4 Å². The first-order valence-electron chi connectivity index (χ1n) is 6.24. The van der Waals surface area contributed by atoms with Crippen molar-refractivity contribution in [3.63, 3.8) is 0 Å². The summed E-state index contributed by atoms with van der Waals surface area (Å²) in [6.45, 7) is 3.83. The summed E-state index contributed by atoms with van der Waals surface area (Å²) in [7, 11) is 0. The van der Waals surface area contributed by atoms with Crippen LogP contribution in [0.2, 0.25) is 5.02 Å². The Balaban J connectivity index is 1.92. The minimum Gasteiger partial charge on any atom is -0.438 e. The van der Waals surface area contributed by atoms with Crippen molar-refractivity contribution in [2.45, 2.75) is 19.9 Å². The van der Waals surface area contributed by atoms with E-state index in [0.29, 0.717) is 16.7 Å². The van der Waals surface area contributed by atoms with E-state index in [9.17, 15) is 0 Å². The van der Waals surface area contributed by atoms with Crippen molar-refractivity contribution >= 4 is 11.6 Å². The highest BCUT2D eigenvalue weighted by Gasteiger charge is 2.00. The van der Waals surface area contributed by atoms with Crippen LogP contribution in [0.3, 0.4) is 0 Å². The smallest absolute Gasteiger partial charge is 0.238 e. The summed E-state index contributed by atoms with van der Waals surface area (Å²) in [6.07, 6.45) is 1.10. The lowest BCUT2D eigenvalue weighted by Crippen LogP contribution is -2.15. The zero-order valence-electron chi connectivity index (χ0n) is 10.8. The molecule has 0 unspecified atom stereocenters. The highest BCUT2D eigenvalue weighted by Crippen LogP contribution is 2.20. The maximum atomic E-state index is 5.81. The van der Waals surface area contributed by atoms with Gasteiger partial charge in [-0.25, -0.2) is 0 Å². The number of halogens is 1. The van der Waals surface area contributed by atoms with E-state index in [4.69, 9.17) is 16.3 Å². The third kappa shape index (κ3) is 4.50. The molecular formula is C14H16ClN3O. The topological polar surface area (TPSA) is 47.0 Å². The minimum absolute atomic E-state index is 0.474. The largest absolute Gasteiger partial charge is 0.438 e. The molecule has 0 saturated carbocycles. The van der Waals surface area contributed by atoms with Crippen molar-refractivity contribution in [3.05, 3.63) is 47.1 Å². The van der Waals surface area contributed by atoms with Gasteiger partial charge in [0.15, 0.2) is 0 Å². The first-order chi connectivity index (χ1) is 9.28. The maximum absolute atomic E-state index is 5.81. The number of hydrogen-bond donors (Lipinski definition) is 1. The average molecular weight is 278 g/mol. The van der Waals surface area contributed by atoms with E-state index in [1.807, 2.05) is 12.1 Å². The fourth-order valence-corrected chi connectivity index (χ4v) is 1.64. The third-order valence-corrected chi connectivity index (χ3v) is 2.72. The van der Waals surface area contributed by atoms with Crippen LogP contribution >= 0.6 is 11.6 Å². The van der Waals surface area contributed by atoms with Crippen LogP contribution in [0.15, 0.2) is 36.4 Å². The monoisotopic (exact) mass is 277 g/mol. The Labute approximate surface area is 117 Å². The molecule has 0 amide bonds. The summed E-state index contributed by atoms with van der Waals surface area (Å²) in [5, 5.41) is 12.1. The van der Waals surface area contributed by atoms with Crippen molar-refractivity contribution in [3.8, 4) is 11.6 Å². The summed E-state index contributed by atoms with van der Waals surface area (Å²) in [5.41, 5.74) is 0.900. The van der Waals surface area contributed by atoms with Gasteiger partial charge in [0, 0.05) is 17.6 Å². The van der Waals surface area contributed by atoms with E-state index in [1.54, 1.807) is 24.3 Å². The quantitative estimate of drug-likeness (QED) is 0.822. The molecule has 1 aromatic carbocycles. The van der Waals surface area contributed by atoms with Crippen molar-refractivity contribution in [2.75, 3.05) is 6.54 Å². The maximum Gasteiger partial charge on any atom is 0.238 e. The van der Waals surface area contributed by atoms with E-state index >= 15 is 0 Å². The number of ether oxygens (including phenoxy) is 1. The summed E-state index contributed by atoms with van der Waals surface area (Å²) < 4.78 is 5.56. The van der Waals surface area contributed by atoms with Crippen molar-refractivity contribution in [1.82, 2.24) is 15.5 Å². The van der Waals surface area contributed by atoms with E-state index in [-0.39, 0.29) is 0 Å². The van der Waals surface area contributed by atoms with Gasteiger partial charge >= 0.3 is 0 Å². The second-order valence-corrected chi connectivity index (χ2v) is 4.53. The standard InChI is InChI=1S/C14H16ClN3O/c1-2-9-16-10-12-5-8-14(18-17-12)19-13-6-3-11(15)4-7-13/h3-8,16H,2,9-10H2,1H3. The molecule has 1 N–H and O–H groups in total. The van der Waals surface area contributed by atoms with Gasteiger partial charge in [0.1, 0.15) is 5.75 Å². The highest BCUT2D eigenvalue weighted by atomic mass is 35.5. The summed E-state index contributed by atoms with van der Waals surface area (Å²) in [5.74, 6) is 1.16. The number of aromatic nitrogens is 2. The Hall–Kier alpha value is -1.65. The van der Waals surface area contributed by atoms with Gasteiger partial charge < -0.3 is 10.1 Å². The molecule has 0 atom stereocenters. The predicted molar refractivity (Wildman–Crippen MR) is 75.6 cm³/mol. The Kier molecular flexibility index (Phi) is 5.12. The molecule has 4 nitrogen and oxygen atoms in total. The van der Waals surface area contributed by atoms with Crippen LogP contribution < -0.4 is 10.1 Å². The Bertz CT molecular complexity index is 499. The van der Waals surface area contributed by atoms with Gasteiger partial charge in [0.2, 0.25) is 5.88 Å². The molecule has 19 heavy (non-hydrogen) atoms. The van der Waals surface area contributed by atoms with Crippen LogP contribution in [0.4, 0.5) is 0 Å². The van der Waals surface area contributed by atoms with Gasteiger partial charge in [-0.1, -0.05) is 18.5 Å². The SMILES string of the molecule is CCCNCc1ccc(Oc2ccc(Cl)cc2)nn1. The molecule has 2 aromatic rings. The van der Waals surface area contributed by atoms with Gasteiger partial charge in [-0.05, 0) is 43.3 Å². The fraction of sp³-hybridized carbons (Fsp3) is 0.286. The third-order valence-electron chi connectivity index (χ3n) is 2.46. The molecule has 0 aliphatic rings. The number of nitrogens with one attached hydrogen (secondary N) is 1. The lowest BCUT2D eigenvalue weighted by atomic mass is 10.3. The second-order valence-electron chi connectivity index (χ2n) is 4.10. The highest BCUT2D eigenvalue weighted by molar-refractivity contribution is 6.30. The molecule has 0 spiro atoms. The van der Waals surface area contributed by atoms with Gasteiger partial charge in [-0.3, -0.25) is 0 Å². The Morgan fingerprint density at radius 1 is 1.11 bits per heavy atom. The molecule has 0 fully saturated rings. The van der Waals surface area contributed by atoms with Crippen LogP contribution in [0.25, 0.3) is 0 Å². The number of benzene rings is 1. The van der Waals surface area contributed by atoms with Crippen LogP contribution in [0, 0.1) is 0 Å². The Morgan fingerprint density at radius 2 is 1.89 bits per heavy atom. The first kappa shape index (κ1) is 13.8. The minimum atomic E-state index is 0.474. The summed E-state index contributed by atoms with van der Waals surface area (Å²) in [4.78, 5) is 0. The molecule has 0 saturated heterocycles. The van der Waals surface area contributed by atoms with Crippen molar-refractivity contribution < 1.29 is 4.74 Å². The number of nitrogens with zero attached hydrogens (tertiary/aromatic N) is 2. The lowest BCUT2D eigenvalue weighted by molar-refractivity contribution is 0.453. The molecule has 0 bridgehead atoms. The molecule has 0 aliphatic carbocycles. The molecule has 0 radical (unpaired) electrons. The number of rotatable bonds is 6. The first-order valence-corrected chi connectivity index (χ1v) is 6.62. The summed E-state index contributed by atoms with van der Waals surface area (Å²) in [6, 6.07) is 10.8. The predicted octanol–water partition coefficient (Wildman–Crippen LogP) is 3.42. The second kappa shape index (κ2) is 7.07. The van der Waals surface area contributed by atoms with Crippen molar-refractivity contribution in [2.24, 2.45) is 0 Å². The zero-order valence-corrected chi connectivity index (χ0v) is 11.5. The van der Waals surface area contributed by atoms with Crippen LogP contribution in [-0.4, -0.2) is 16.7 Å². The van der Waals surface area contributed by atoms with Gasteiger partial charge in [0.05, 0.1) is 5.69 Å². The van der Waals surface area contributed by atoms with Gasteiger partial charge in [0.25, 0.3) is 0 Å². The Morgan fingerprint density at radius 3 is 2.53 bits per heavy atom. The zero-order chi connectivity index (χ0) is 13.5. The molecule has 1 heterocycles. The van der Waals surface area contributed by atoms with Crippen LogP contribution in [0.1, 0.15) is 19.0 Å². The van der Waals surface area contributed by atoms with E-state index in [0.717, 1.165) is 25.2 Å². The molecular weight excluding hydrogens is 262 g/mol. The average Bonchev–Trinajstić information content (AvgIpc) is 2.44. The van der Waals surface area contributed by atoms with Crippen LogP contribution in [0.5, 0.6) is 11.6 Å². The molecule has 100 valence electrons. The van der Waals surface area contributed by atoms with E-state index in [1.165, 1.54) is 0 Å². The molecule has 0 aliphatic heterocycles. The van der Waals surface area contributed by atoms with Crippen LogP contribution in [-0.2, 0) is 6.54 Å².